The van der Waals surface area contributed by atoms with Crippen LogP contribution in [0.3, 0.4) is 0 Å². The predicted octanol–water partition coefficient (Wildman–Crippen LogP) is 8.57. The maximum atomic E-state index is 2.59. The van der Waals surface area contributed by atoms with Crippen LogP contribution in [0.15, 0.2) is 24.3 Å². The molecule has 4 saturated carbocycles. The van der Waals surface area contributed by atoms with Crippen molar-refractivity contribution in [1.29, 1.82) is 0 Å². The Labute approximate surface area is 183 Å². The average molecular weight is 397 g/mol. The van der Waals surface area contributed by atoms with Gasteiger partial charge in [-0.1, -0.05) is 50.1 Å². The van der Waals surface area contributed by atoms with Crippen molar-refractivity contribution in [3.63, 3.8) is 0 Å². The monoisotopic (exact) mass is 396 g/mol. The summed E-state index contributed by atoms with van der Waals surface area (Å²) in [5.74, 6) is 9.55. The molecule has 164 valence electrons. The van der Waals surface area contributed by atoms with E-state index in [1.54, 1.807) is 56.9 Å². The molecule has 0 aliphatic heterocycles. The van der Waals surface area contributed by atoms with Gasteiger partial charge in [0, 0.05) is 2.85 Å². The molecule has 0 nitrogen and oxygen atoms in total. The van der Waals surface area contributed by atoms with Crippen molar-refractivity contribution in [3.05, 3.63) is 35.4 Å². The molecule has 29 heavy (non-hydrogen) atoms. The highest BCUT2D eigenvalue weighted by Gasteiger charge is 2.51. The van der Waals surface area contributed by atoms with E-state index in [9.17, 15) is 0 Å². The maximum Gasteiger partial charge on any atom is 0 e. The first kappa shape index (κ1) is 20.1. The molecule has 4 aliphatic carbocycles. The van der Waals surface area contributed by atoms with Crippen LogP contribution in [0.1, 0.15) is 92.0 Å². The van der Waals surface area contributed by atoms with Gasteiger partial charge in [0.05, 0.1) is 0 Å². The molecule has 0 amide bonds. The highest BCUT2D eigenvalue weighted by molar-refractivity contribution is 5.21. The second kappa shape index (κ2) is 8.39. The minimum atomic E-state index is 0. The zero-order valence-electron chi connectivity index (χ0n) is 19.3. The molecule has 5 rings (SSSR count). The first-order chi connectivity index (χ1) is 14.1. The Bertz CT molecular complexity index is 682. The molecular formula is C29H48. The van der Waals surface area contributed by atoms with Gasteiger partial charge in [-0.3, -0.25) is 0 Å². The standard InChI is InChI=1S/C29H44.2H2/c1-19-4-8-22(9-5-19)10-7-21(3)24-14-15-29-26(24)16-17-27-25-12-6-20(2)18-23(25)11-13-28(27)29;;/h4-5,8-9,20-21,23-29H,6-7,10-18H2,1-3H3;2*1H. The second-order valence-corrected chi connectivity index (χ2v) is 11.9. The molecule has 0 spiro atoms. The molecule has 4 aliphatic rings. The minimum absolute atomic E-state index is 0. The van der Waals surface area contributed by atoms with Crippen molar-refractivity contribution in [2.24, 2.45) is 53.3 Å². The summed E-state index contributed by atoms with van der Waals surface area (Å²) in [6, 6.07) is 9.28. The Morgan fingerprint density at radius 1 is 0.793 bits per heavy atom. The lowest BCUT2D eigenvalue weighted by Crippen LogP contribution is -2.45. The Hall–Kier alpha value is -0.780. The van der Waals surface area contributed by atoms with E-state index >= 15 is 0 Å². The normalized spacial score (nSPS) is 42.6. The highest BCUT2D eigenvalue weighted by atomic mass is 14.6. The topological polar surface area (TPSA) is 0 Å². The number of benzene rings is 1. The molecule has 9 atom stereocenters. The van der Waals surface area contributed by atoms with Crippen molar-refractivity contribution < 1.29 is 2.85 Å². The minimum Gasteiger partial charge on any atom is -0.0625 e. The zero-order chi connectivity index (χ0) is 20.0. The molecule has 0 N–H and O–H groups in total. The van der Waals surface area contributed by atoms with Crippen LogP contribution in [-0.4, -0.2) is 0 Å². The van der Waals surface area contributed by atoms with Crippen molar-refractivity contribution in [2.45, 2.75) is 91.4 Å². The van der Waals surface area contributed by atoms with Crippen LogP contribution >= 0.6 is 0 Å². The van der Waals surface area contributed by atoms with E-state index in [1.165, 1.54) is 24.8 Å². The predicted molar refractivity (Wildman–Crippen MR) is 128 cm³/mol. The average Bonchev–Trinajstić information content (AvgIpc) is 3.17. The van der Waals surface area contributed by atoms with Gasteiger partial charge in [0.2, 0.25) is 0 Å². The maximum absolute atomic E-state index is 2.59. The van der Waals surface area contributed by atoms with Crippen molar-refractivity contribution >= 4 is 0 Å². The molecule has 1 aromatic carbocycles. The molecule has 0 heteroatoms. The fraction of sp³-hybridized carbons (Fsp3) is 0.793. The Kier molecular flexibility index (Phi) is 5.83. The Balaban J connectivity index is 0.00000136. The number of hydrogen-bond donors (Lipinski definition) is 0. The van der Waals surface area contributed by atoms with E-state index < -0.39 is 0 Å². The van der Waals surface area contributed by atoms with E-state index in [1.807, 2.05) is 0 Å². The van der Waals surface area contributed by atoms with Gasteiger partial charge in [-0.2, -0.15) is 0 Å². The van der Waals surface area contributed by atoms with Gasteiger partial charge < -0.3 is 0 Å². The first-order valence-corrected chi connectivity index (χ1v) is 13.2. The van der Waals surface area contributed by atoms with Crippen molar-refractivity contribution in [1.82, 2.24) is 0 Å². The van der Waals surface area contributed by atoms with Crippen molar-refractivity contribution in [2.75, 3.05) is 0 Å². The summed E-state index contributed by atoms with van der Waals surface area (Å²) in [6.45, 7) is 7.30. The van der Waals surface area contributed by atoms with Crippen LogP contribution in [-0.2, 0) is 6.42 Å². The van der Waals surface area contributed by atoms with Crippen LogP contribution in [0.5, 0.6) is 0 Å². The zero-order valence-corrected chi connectivity index (χ0v) is 19.3. The molecule has 4 fully saturated rings. The van der Waals surface area contributed by atoms with E-state index in [0.29, 0.717) is 0 Å². The summed E-state index contributed by atoms with van der Waals surface area (Å²) < 4.78 is 0. The molecule has 1 aromatic rings. The van der Waals surface area contributed by atoms with Gasteiger partial charge in [0.25, 0.3) is 0 Å². The molecule has 0 saturated heterocycles. The summed E-state index contributed by atoms with van der Waals surface area (Å²) >= 11 is 0. The van der Waals surface area contributed by atoms with Gasteiger partial charge in [-0.15, -0.1) is 0 Å². The molecule has 0 bridgehead atoms. The first-order valence-electron chi connectivity index (χ1n) is 13.2. The number of hydrogen-bond acceptors (Lipinski definition) is 0. The summed E-state index contributed by atoms with van der Waals surface area (Å²) in [4.78, 5) is 0. The molecule has 0 aromatic heterocycles. The van der Waals surface area contributed by atoms with E-state index in [0.717, 1.165) is 53.3 Å². The molecule has 0 heterocycles. The third kappa shape index (κ3) is 3.95. The third-order valence-corrected chi connectivity index (χ3v) is 10.3. The van der Waals surface area contributed by atoms with Gasteiger partial charge in [0.1, 0.15) is 0 Å². The summed E-state index contributed by atoms with van der Waals surface area (Å²) in [7, 11) is 0. The van der Waals surface area contributed by atoms with Gasteiger partial charge in [-0.05, 0) is 130 Å². The number of fused-ring (bicyclic) bond motifs is 5. The Morgan fingerprint density at radius 2 is 1.41 bits per heavy atom. The van der Waals surface area contributed by atoms with E-state index in [4.69, 9.17) is 0 Å². The molecular weight excluding hydrogens is 348 g/mol. The lowest BCUT2D eigenvalue weighted by atomic mass is 9.52. The van der Waals surface area contributed by atoms with Crippen LogP contribution < -0.4 is 0 Å². The fourth-order valence-electron chi connectivity index (χ4n) is 8.86. The lowest BCUT2D eigenvalue weighted by Gasteiger charge is -2.53. The van der Waals surface area contributed by atoms with Crippen LogP contribution in [0, 0.1) is 60.2 Å². The number of aryl methyl sites for hydroxylation is 2. The van der Waals surface area contributed by atoms with E-state index in [-0.39, 0.29) is 2.85 Å². The summed E-state index contributed by atoms with van der Waals surface area (Å²) in [5.41, 5.74) is 2.94. The van der Waals surface area contributed by atoms with Crippen LogP contribution in [0.25, 0.3) is 0 Å². The largest absolute Gasteiger partial charge is 0.0625 e. The molecule has 9 unspecified atom stereocenters. The van der Waals surface area contributed by atoms with Crippen molar-refractivity contribution in [3.8, 4) is 0 Å². The number of rotatable bonds is 4. The van der Waals surface area contributed by atoms with Crippen LogP contribution in [0.4, 0.5) is 0 Å². The van der Waals surface area contributed by atoms with Gasteiger partial charge in [-0.25, -0.2) is 0 Å². The fourth-order valence-corrected chi connectivity index (χ4v) is 8.86. The lowest BCUT2D eigenvalue weighted by molar-refractivity contribution is -0.0355. The second-order valence-electron chi connectivity index (χ2n) is 11.9. The quantitative estimate of drug-likeness (QED) is 0.478. The van der Waals surface area contributed by atoms with Crippen LogP contribution in [0.2, 0.25) is 0 Å². The Morgan fingerprint density at radius 3 is 2.24 bits per heavy atom. The van der Waals surface area contributed by atoms with Gasteiger partial charge in [0.15, 0.2) is 0 Å². The smallest absolute Gasteiger partial charge is 0 e. The third-order valence-electron chi connectivity index (χ3n) is 10.3. The summed E-state index contributed by atoms with van der Waals surface area (Å²) in [5, 5.41) is 0. The van der Waals surface area contributed by atoms with Gasteiger partial charge >= 0.3 is 0 Å². The summed E-state index contributed by atoms with van der Waals surface area (Å²) in [6.07, 6.45) is 16.8. The molecule has 0 radical (unpaired) electrons. The highest BCUT2D eigenvalue weighted by Crippen LogP contribution is 2.60. The SMILES string of the molecule is Cc1ccc(CCC(C)C2CCC3C2CCC2C4CCC(C)CC4CCC23)cc1.[HH].[HH]. The van der Waals surface area contributed by atoms with E-state index in [2.05, 4.69) is 45.0 Å².